The summed E-state index contributed by atoms with van der Waals surface area (Å²) < 4.78 is 7.43. The van der Waals surface area contributed by atoms with E-state index in [-0.39, 0.29) is 18.5 Å². The lowest BCUT2D eigenvalue weighted by molar-refractivity contribution is 0.0904. The Kier molecular flexibility index (Phi) is 8.20. The quantitative estimate of drug-likeness (QED) is 0.388. The Hall–Kier alpha value is -3.66. The molecule has 2 aromatic heterocycles. The number of benzene rings is 1. The molecule has 0 bridgehead atoms. The van der Waals surface area contributed by atoms with Crippen molar-refractivity contribution in [1.82, 2.24) is 20.1 Å². The van der Waals surface area contributed by atoms with E-state index in [1.807, 2.05) is 24.7 Å². The minimum absolute atomic E-state index is 0.241. The molecular weight excluding hydrogens is 484 g/mol. The average Bonchev–Trinajstić information content (AvgIpc) is 3.30. The second kappa shape index (κ2) is 11.4. The topological polar surface area (TPSA) is 122 Å². The zero-order valence-electron chi connectivity index (χ0n) is 22.9. The van der Waals surface area contributed by atoms with E-state index >= 15 is 0 Å². The van der Waals surface area contributed by atoms with Gasteiger partial charge in [0.2, 0.25) is 0 Å². The van der Waals surface area contributed by atoms with Gasteiger partial charge < -0.3 is 20.5 Å². The van der Waals surface area contributed by atoms with E-state index in [0.717, 1.165) is 40.8 Å². The monoisotopic (exact) mass is 522 g/mol. The van der Waals surface area contributed by atoms with Crippen molar-refractivity contribution in [3.63, 3.8) is 0 Å². The number of nitrogens with zero attached hydrogens (tertiary/aromatic N) is 4. The zero-order chi connectivity index (χ0) is 27.4. The number of carbonyl (C=O) groups excluding carboxylic acids is 1. The summed E-state index contributed by atoms with van der Waals surface area (Å²) in [5.74, 6) is -0.348. The number of aryl methyl sites for hydroxylation is 2. The van der Waals surface area contributed by atoms with Crippen LogP contribution in [0.25, 0.3) is 11.0 Å². The summed E-state index contributed by atoms with van der Waals surface area (Å²) in [5, 5.41) is 22.2. The smallest absolute Gasteiger partial charge is 0.412 e. The molecule has 4 rings (SSSR count). The molecule has 3 N–H and O–H groups in total. The largest absolute Gasteiger partial charge is 0.465 e. The van der Waals surface area contributed by atoms with Crippen LogP contribution in [0.5, 0.6) is 0 Å². The van der Waals surface area contributed by atoms with Gasteiger partial charge in [-0.05, 0) is 59.1 Å². The highest BCUT2D eigenvalue weighted by Crippen LogP contribution is 2.32. The molecule has 0 aliphatic carbocycles. The van der Waals surface area contributed by atoms with Crippen LogP contribution in [-0.4, -0.2) is 56.7 Å². The minimum atomic E-state index is -1.11. The highest BCUT2D eigenvalue weighted by molar-refractivity contribution is 6.03. The third kappa shape index (κ3) is 5.60. The lowest BCUT2D eigenvalue weighted by Gasteiger charge is -2.34. The van der Waals surface area contributed by atoms with Gasteiger partial charge >= 0.3 is 6.09 Å². The second-order valence-corrected chi connectivity index (χ2v) is 10.5. The van der Waals surface area contributed by atoms with Crippen molar-refractivity contribution >= 4 is 34.4 Å². The van der Waals surface area contributed by atoms with Gasteiger partial charge in [0.1, 0.15) is 0 Å². The fourth-order valence-electron chi connectivity index (χ4n) is 4.98. The molecule has 1 aliphatic rings. The van der Waals surface area contributed by atoms with Gasteiger partial charge in [0.05, 0.1) is 28.5 Å². The number of pyridine rings is 1. The molecule has 1 aliphatic heterocycles. The number of amides is 2. The standard InChI is InChI=1S/C28H38N6O4/c1-6-22-20(16-29-26(35)19-10-8-9-11-23(19)34(27(36)37)28(3,4)5)24(31-18-12-14-38-15-13-18)21-17-30-33(7-2)25(21)32-22/h8-11,17-18H,6-7,12-16H2,1-5H3,(H,29,35)(H,31,32)(H,36,37). The van der Waals surface area contributed by atoms with Gasteiger partial charge in [-0.3, -0.25) is 9.69 Å². The van der Waals surface area contributed by atoms with Crippen LogP contribution >= 0.6 is 0 Å². The van der Waals surface area contributed by atoms with Gasteiger partial charge in [0.25, 0.3) is 5.91 Å². The summed E-state index contributed by atoms with van der Waals surface area (Å²) in [6.45, 7) is 11.8. The van der Waals surface area contributed by atoms with Crippen LogP contribution in [0.4, 0.5) is 16.2 Å². The lowest BCUT2D eigenvalue weighted by atomic mass is 10.0. The fourth-order valence-corrected chi connectivity index (χ4v) is 4.98. The lowest BCUT2D eigenvalue weighted by Crippen LogP contribution is -2.46. The number of aromatic nitrogens is 3. The summed E-state index contributed by atoms with van der Waals surface area (Å²) in [7, 11) is 0. The van der Waals surface area contributed by atoms with Crippen LogP contribution in [0.1, 0.15) is 69.1 Å². The average molecular weight is 523 g/mol. The fraction of sp³-hybridized carbons (Fsp3) is 0.500. The molecule has 0 unspecified atom stereocenters. The van der Waals surface area contributed by atoms with Crippen molar-refractivity contribution in [2.24, 2.45) is 0 Å². The van der Waals surface area contributed by atoms with Crippen LogP contribution in [0.2, 0.25) is 0 Å². The molecule has 2 amide bonds. The van der Waals surface area contributed by atoms with E-state index in [9.17, 15) is 14.7 Å². The van der Waals surface area contributed by atoms with Crippen LogP contribution < -0.4 is 15.5 Å². The molecule has 0 saturated carbocycles. The summed E-state index contributed by atoms with van der Waals surface area (Å²) in [5.41, 5.74) is 3.48. The van der Waals surface area contributed by atoms with E-state index in [2.05, 4.69) is 15.7 Å². The number of carboxylic acid groups (broad SMARTS) is 1. The summed E-state index contributed by atoms with van der Waals surface area (Å²) in [6, 6.07) is 7.04. The number of rotatable bonds is 8. The van der Waals surface area contributed by atoms with Crippen LogP contribution in [0, 0.1) is 0 Å². The summed E-state index contributed by atoms with van der Waals surface area (Å²) >= 11 is 0. The van der Waals surface area contributed by atoms with Crippen molar-refractivity contribution < 1.29 is 19.4 Å². The first-order valence-corrected chi connectivity index (χ1v) is 13.3. The number of nitrogens with one attached hydrogen (secondary N) is 2. The summed E-state index contributed by atoms with van der Waals surface area (Å²) in [6.07, 6.45) is 3.19. The van der Waals surface area contributed by atoms with Crippen molar-refractivity contribution in [3.8, 4) is 0 Å². The van der Waals surface area contributed by atoms with Gasteiger partial charge in [0.15, 0.2) is 5.65 Å². The first kappa shape index (κ1) is 27.4. The first-order valence-electron chi connectivity index (χ1n) is 13.3. The maximum absolute atomic E-state index is 13.5. The molecule has 1 saturated heterocycles. The molecule has 204 valence electrons. The maximum Gasteiger partial charge on any atom is 0.412 e. The number of hydrogen-bond acceptors (Lipinski definition) is 6. The normalized spacial score (nSPS) is 14.4. The number of carbonyl (C=O) groups is 2. The molecule has 0 radical (unpaired) electrons. The van der Waals surface area contributed by atoms with Gasteiger partial charge in [0, 0.05) is 49.1 Å². The number of anilines is 2. The molecule has 3 aromatic rings. The molecule has 38 heavy (non-hydrogen) atoms. The Balaban J connectivity index is 1.70. The van der Waals surface area contributed by atoms with Crippen LogP contribution in [0.3, 0.4) is 0 Å². The molecule has 0 atom stereocenters. The van der Waals surface area contributed by atoms with Crippen LogP contribution in [-0.2, 0) is 24.2 Å². The molecule has 3 heterocycles. The molecule has 10 heteroatoms. The number of para-hydroxylation sites is 1. The van der Waals surface area contributed by atoms with E-state index in [1.54, 1.807) is 45.0 Å². The predicted molar refractivity (Wildman–Crippen MR) is 148 cm³/mol. The molecular formula is C28H38N6O4. The Morgan fingerprint density at radius 2 is 1.89 bits per heavy atom. The van der Waals surface area contributed by atoms with Crippen molar-refractivity contribution in [2.75, 3.05) is 23.4 Å². The minimum Gasteiger partial charge on any atom is -0.465 e. The molecule has 10 nitrogen and oxygen atoms in total. The number of hydrogen-bond donors (Lipinski definition) is 3. The molecule has 0 spiro atoms. The van der Waals surface area contributed by atoms with Crippen molar-refractivity contribution in [1.29, 1.82) is 0 Å². The molecule has 1 aromatic carbocycles. The zero-order valence-corrected chi connectivity index (χ0v) is 22.9. The Bertz CT molecular complexity index is 1310. The maximum atomic E-state index is 13.5. The van der Waals surface area contributed by atoms with Gasteiger partial charge in [-0.15, -0.1) is 0 Å². The summed E-state index contributed by atoms with van der Waals surface area (Å²) in [4.78, 5) is 31.8. The van der Waals surface area contributed by atoms with Gasteiger partial charge in [-0.1, -0.05) is 19.1 Å². The van der Waals surface area contributed by atoms with E-state index in [1.165, 1.54) is 4.90 Å². The van der Waals surface area contributed by atoms with Gasteiger partial charge in [-0.2, -0.15) is 5.10 Å². The highest BCUT2D eigenvalue weighted by atomic mass is 16.5. The predicted octanol–water partition coefficient (Wildman–Crippen LogP) is 4.82. The Morgan fingerprint density at radius 3 is 2.53 bits per heavy atom. The van der Waals surface area contributed by atoms with E-state index in [0.29, 0.717) is 37.4 Å². The van der Waals surface area contributed by atoms with Crippen molar-refractivity contribution in [3.05, 3.63) is 47.3 Å². The Labute approximate surface area is 223 Å². The third-order valence-electron chi connectivity index (χ3n) is 6.85. The van der Waals surface area contributed by atoms with Crippen LogP contribution in [0.15, 0.2) is 30.5 Å². The second-order valence-electron chi connectivity index (χ2n) is 10.5. The Morgan fingerprint density at radius 1 is 1.18 bits per heavy atom. The SMILES string of the molecule is CCc1nc2c(cnn2CC)c(NC2CCOCC2)c1CNC(=O)c1ccccc1N(C(=O)O)C(C)(C)C. The number of fused-ring (bicyclic) bond motifs is 1. The van der Waals surface area contributed by atoms with E-state index in [4.69, 9.17) is 9.72 Å². The highest BCUT2D eigenvalue weighted by Gasteiger charge is 2.31. The first-order chi connectivity index (χ1) is 18.2. The van der Waals surface area contributed by atoms with Gasteiger partial charge in [-0.25, -0.2) is 14.5 Å². The van der Waals surface area contributed by atoms with Crippen molar-refractivity contribution in [2.45, 2.75) is 78.6 Å². The van der Waals surface area contributed by atoms with E-state index < -0.39 is 11.6 Å². The number of ether oxygens (including phenoxy) is 1. The molecule has 1 fully saturated rings. The third-order valence-corrected chi connectivity index (χ3v) is 6.85.